The molecule has 31 heavy (non-hydrogen) atoms. The van der Waals surface area contributed by atoms with Gasteiger partial charge < -0.3 is 9.64 Å². The topological polar surface area (TPSA) is 50.6 Å². The Morgan fingerprint density at radius 1 is 1.16 bits per heavy atom. The van der Waals surface area contributed by atoms with Gasteiger partial charge >= 0.3 is 0 Å². The highest BCUT2D eigenvalue weighted by atomic mass is 16.5. The van der Waals surface area contributed by atoms with Crippen LogP contribution < -0.4 is 0 Å². The lowest BCUT2D eigenvalue weighted by molar-refractivity contribution is 0.0437. The summed E-state index contributed by atoms with van der Waals surface area (Å²) in [7, 11) is 1.86. The average molecular weight is 425 g/mol. The van der Waals surface area contributed by atoms with E-state index in [1.165, 1.54) is 11.1 Å². The molecule has 0 N–H and O–H groups in total. The van der Waals surface area contributed by atoms with Gasteiger partial charge in [0.05, 0.1) is 11.8 Å². The zero-order chi connectivity index (χ0) is 21.8. The molecule has 0 aliphatic carbocycles. The number of benzene rings is 1. The van der Waals surface area contributed by atoms with Crippen molar-refractivity contribution in [1.82, 2.24) is 19.6 Å². The van der Waals surface area contributed by atoms with E-state index in [-0.39, 0.29) is 12.0 Å². The first kappa shape index (κ1) is 22.0. The van der Waals surface area contributed by atoms with Crippen LogP contribution in [0.25, 0.3) is 0 Å². The highest BCUT2D eigenvalue weighted by Crippen LogP contribution is 2.23. The number of aromatic nitrogens is 2. The molecule has 4 rings (SSSR count). The van der Waals surface area contributed by atoms with Gasteiger partial charge in [0.25, 0.3) is 5.91 Å². The fourth-order valence-corrected chi connectivity index (χ4v) is 4.91. The minimum atomic E-state index is 0.0842. The van der Waals surface area contributed by atoms with E-state index in [9.17, 15) is 4.79 Å². The van der Waals surface area contributed by atoms with Gasteiger partial charge in [0.15, 0.2) is 0 Å². The number of rotatable bonds is 7. The molecule has 1 unspecified atom stereocenters. The number of carbonyl (C=O) groups excluding carboxylic acids is 1. The van der Waals surface area contributed by atoms with Crippen LogP contribution in [0.1, 0.15) is 53.0 Å². The van der Waals surface area contributed by atoms with Crippen molar-refractivity contribution in [3.63, 3.8) is 0 Å². The summed E-state index contributed by atoms with van der Waals surface area (Å²) in [5, 5.41) is 4.38. The fourth-order valence-electron chi connectivity index (χ4n) is 4.91. The second-order valence-corrected chi connectivity index (χ2v) is 9.29. The number of likely N-dealkylation sites (tertiary alicyclic amines) is 1. The third-order valence-electron chi connectivity index (χ3n) is 6.80. The van der Waals surface area contributed by atoms with E-state index < -0.39 is 0 Å². The largest absolute Gasteiger partial charge is 0.376 e. The van der Waals surface area contributed by atoms with E-state index in [0.29, 0.717) is 18.2 Å². The van der Waals surface area contributed by atoms with E-state index in [1.54, 1.807) is 4.68 Å². The lowest BCUT2D eigenvalue weighted by Crippen LogP contribution is -2.44. The normalized spacial score (nSPS) is 20.3. The Morgan fingerprint density at radius 3 is 2.58 bits per heavy atom. The van der Waals surface area contributed by atoms with Gasteiger partial charge in [-0.1, -0.05) is 24.3 Å². The van der Waals surface area contributed by atoms with Crippen LogP contribution >= 0.6 is 0 Å². The predicted octanol–water partition coefficient (Wildman–Crippen LogP) is 3.57. The van der Waals surface area contributed by atoms with Gasteiger partial charge in [0, 0.05) is 33.3 Å². The summed E-state index contributed by atoms with van der Waals surface area (Å²) in [5.41, 5.74) is 4.34. The Labute approximate surface area is 186 Å². The number of amides is 1. The SMILES string of the molecule is Cc1cc(C(=O)N(CC2CCN(Cc3ccccc3C)CC2)CC2CCCO2)n(C)n1. The van der Waals surface area contributed by atoms with Gasteiger partial charge in [0.2, 0.25) is 0 Å². The Kier molecular flexibility index (Phi) is 7.08. The minimum absolute atomic E-state index is 0.0842. The lowest BCUT2D eigenvalue weighted by Gasteiger charge is -2.35. The zero-order valence-corrected chi connectivity index (χ0v) is 19.2. The molecule has 2 fully saturated rings. The molecule has 0 spiro atoms. The number of hydrogen-bond acceptors (Lipinski definition) is 4. The molecule has 6 heteroatoms. The van der Waals surface area contributed by atoms with Crippen LogP contribution in [0.3, 0.4) is 0 Å². The molecule has 3 heterocycles. The zero-order valence-electron chi connectivity index (χ0n) is 19.2. The van der Waals surface area contributed by atoms with Crippen molar-refractivity contribution in [3.8, 4) is 0 Å². The summed E-state index contributed by atoms with van der Waals surface area (Å²) in [6.45, 7) is 9.63. The van der Waals surface area contributed by atoms with Gasteiger partial charge in [-0.15, -0.1) is 0 Å². The maximum absolute atomic E-state index is 13.4. The van der Waals surface area contributed by atoms with E-state index in [4.69, 9.17) is 4.74 Å². The fraction of sp³-hybridized carbons (Fsp3) is 0.600. The molecule has 6 nitrogen and oxygen atoms in total. The summed E-state index contributed by atoms with van der Waals surface area (Å²) >= 11 is 0. The molecule has 168 valence electrons. The van der Waals surface area contributed by atoms with Crippen molar-refractivity contribution in [1.29, 1.82) is 0 Å². The van der Waals surface area contributed by atoms with Crippen LogP contribution in [-0.4, -0.2) is 64.4 Å². The molecular weight excluding hydrogens is 388 g/mol. The quantitative estimate of drug-likeness (QED) is 0.682. The van der Waals surface area contributed by atoms with Crippen LogP contribution in [0.2, 0.25) is 0 Å². The number of aryl methyl sites for hydroxylation is 3. The summed E-state index contributed by atoms with van der Waals surface area (Å²) < 4.78 is 7.58. The molecule has 0 saturated carbocycles. The van der Waals surface area contributed by atoms with Crippen LogP contribution in [-0.2, 0) is 18.3 Å². The summed E-state index contributed by atoms with van der Waals surface area (Å²) in [4.78, 5) is 18.0. The van der Waals surface area contributed by atoms with Gasteiger partial charge in [-0.25, -0.2) is 0 Å². The molecule has 2 saturated heterocycles. The summed E-state index contributed by atoms with van der Waals surface area (Å²) in [6, 6.07) is 10.6. The van der Waals surface area contributed by atoms with Crippen LogP contribution in [0.15, 0.2) is 30.3 Å². The highest BCUT2D eigenvalue weighted by Gasteiger charge is 2.29. The Balaban J connectivity index is 1.37. The maximum Gasteiger partial charge on any atom is 0.272 e. The maximum atomic E-state index is 13.4. The van der Waals surface area contributed by atoms with Gasteiger partial charge in [0.1, 0.15) is 5.69 Å². The van der Waals surface area contributed by atoms with Gasteiger partial charge in [-0.05, 0) is 75.7 Å². The second-order valence-electron chi connectivity index (χ2n) is 9.29. The first-order chi connectivity index (χ1) is 15.0. The highest BCUT2D eigenvalue weighted by molar-refractivity contribution is 5.92. The van der Waals surface area contributed by atoms with Crippen molar-refractivity contribution < 1.29 is 9.53 Å². The summed E-state index contributed by atoms with van der Waals surface area (Å²) in [6.07, 6.45) is 4.56. The molecule has 0 bridgehead atoms. The van der Waals surface area contributed by atoms with Crippen LogP contribution in [0.5, 0.6) is 0 Å². The van der Waals surface area contributed by atoms with E-state index in [1.807, 2.05) is 24.9 Å². The Morgan fingerprint density at radius 2 is 1.94 bits per heavy atom. The number of hydrogen-bond donors (Lipinski definition) is 0. The van der Waals surface area contributed by atoms with E-state index in [2.05, 4.69) is 41.2 Å². The van der Waals surface area contributed by atoms with Gasteiger partial charge in [-0.3, -0.25) is 14.4 Å². The van der Waals surface area contributed by atoms with Crippen molar-refractivity contribution in [2.75, 3.05) is 32.8 Å². The van der Waals surface area contributed by atoms with Crippen LogP contribution in [0.4, 0.5) is 0 Å². The molecule has 1 aromatic heterocycles. The van der Waals surface area contributed by atoms with Crippen molar-refractivity contribution in [2.45, 2.75) is 52.2 Å². The van der Waals surface area contributed by atoms with Crippen molar-refractivity contribution in [3.05, 3.63) is 52.8 Å². The van der Waals surface area contributed by atoms with Crippen molar-refractivity contribution >= 4 is 5.91 Å². The number of ether oxygens (including phenoxy) is 1. The average Bonchev–Trinajstić information content (AvgIpc) is 3.39. The monoisotopic (exact) mass is 424 g/mol. The predicted molar refractivity (Wildman–Crippen MR) is 122 cm³/mol. The second kappa shape index (κ2) is 9.96. The molecule has 2 aromatic rings. The lowest BCUT2D eigenvalue weighted by atomic mass is 9.95. The van der Waals surface area contributed by atoms with E-state index in [0.717, 1.165) is 64.2 Å². The Bertz CT molecular complexity index is 879. The van der Waals surface area contributed by atoms with Gasteiger partial charge in [-0.2, -0.15) is 5.10 Å². The smallest absolute Gasteiger partial charge is 0.272 e. The number of carbonyl (C=O) groups is 1. The first-order valence-electron chi connectivity index (χ1n) is 11.7. The van der Waals surface area contributed by atoms with E-state index >= 15 is 0 Å². The number of piperidine rings is 1. The Hall–Kier alpha value is -2.18. The molecule has 1 atom stereocenters. The van der Waals surface area contributed by atoms with Crippen LogP contribution in [0, 0.1) is 19.8 Å². The minimum Gasteiger partial charge on any atom is -0.376 e. The molecule has 1 amide bonds. The first-order valence-corrected chi connectivity index (χ1v) is 11.7. The summed E-state index contributed by atoms with van der Waals surface area (Å²) in [5.74, 6) is 0.619. The standard InChI is InChI=1S/C25H36N4O2/c1-19-7-4-5-8-22(19)17-28-12-10-21(11-13-28)16-29(18-23-9-6-14-31-23)25(30)24-15-20(2)26-27(24)3/h4-5,7-8,15,21,23H,6,9-14,16-18H2,1-3H3. The van der Waals surface area contributed by atoms with Crippen molar-refractivity contribution in [2.24, 2.45) is 13.0 Å². The third-order valence-corrected chi connectivity index (χ3v) is 6.80. The molecule has 2 aliphatic heterocycles. The number of nitrogens with zero attached hydrogens (tertiary/aromatic N) is 4. The molecule has 0 radical (unpaired) electrons. The third kappa shape index (κ3) is 5.55. The molecular formula is C25H36N4O2. The molecule has 2 aliphatic rings. The molecule has 1 aromatic carbocycles.